The Morgan fingerprint density at radius 3 is 2.86 bits per heavy atom. The zero-order valence-corrected chi connectivity index (χ0v) is 16.9. The number of nitrogens with zero attached hydrogens (tertiary/aromatic N) is 3. The Morgan fingerprint density at radius 1 is 1.29 bits per heavy atom. The molecule has 0 unspecified atom stereocenters. The quantitative estimate of drug-likeness (QED) is 0.710. The van der Waals surface area contributed by atoms with E-state index in [-0.39, 0.29) is 11.8 Å². The van der Waals surface area contributed by atoms with Crippen LogP contribution in [0.15, 0.2) is 36.5 Å². The molecule has 1 aromatic heterocycles. The van der Waals surface area contributed by atoms with Crippen LogP contribution >= 0.6 is 0 Å². The van der Waals surface area contributed by atoms with E-state index in [0.717, 1.165) is 56.2 Å². The zero-order valence-electron chi connectivity index (χ0n) is 16.9. The Kier molecular flexibility index (Phi) is 7.37. The van der Waals surface area contributed by atoms with Crippen LogP contribution < -0.4 is 10.2 Å². The van der Waals surface area contributed by atoms with Crippen LogP contribution in [0.3, 0.4) is 0 Å². The van der Waals surface area contributed by atoms with Gasteiger partial charge in [0.2, 0.25) is 5.91 Å². The van der Waals surface area contributed by atoms with Gasteiger partial charge in [-0.05, 0) is 45.2 Å². The molecule has 6 heteroatoms. The number of ether oxygens (including phenoxy) is 1. The summed E-state index contributed by atoms with van der Waals surface area (Å²) < 4.78 is 5.30. The van der Waals surface area contributed by atoms with E-state index in [2.05, 4.69) is 34.3 Å². The third-order valence-electron chi connectivity index (χ3n) is 5.08. The van der Waals surface area contributed by atoms with Crippen LogP contribution in [0.4, 0.5) is 5.82 Å². The van der Waals surface area contributed by atoms with Crippen LogP contribution in [0.25, 0.3) is 11.4 Å². The van der Waals surface area contributed by atoms with E-state index < -0.39 is 0 Å². The van der Waals surface area contributed by atoms with Crippen LogP contribution in [0.5, 0.6) is 0 Å². The number of piperidine rings is 1. The second-order valence-electron chi connectivity index (χ2n) is 7.21. The summed E-state index contributed by atoms with van der Waals surface area (Å²) in [5, 5.41) is 3.04. The van der Waals surface area contributed by atoms with Crippen LogP contribution in [0, 0.1) is 12.8 Å². The zero-order chi connectivity index (χ0) is 19.8. The van der Waals surface area contributed by atoms with Gasteiger partial charge in [0.15, 0.2) is 5.82 Å². The van der Waals surface area contributed by atoms with E-state index in [1.165, 1.54) is 5.56 Å². The molecule has 6 nitrogen and oxygen atoms in total. The van der Waals surface area contributed by atoms with E-state index >= 15 is 0 Å². The van der Waals surface area contributed by atoms with Gasteiger partial charge in [0.05, 0.1) is 0 Å². The molecule has 0 saturated carbocycles. The summed E-state index contributed by atoms with van der Waals surface area (Å²) in [7, 11) is 0. The summed E-state index contributed by atoms with van der Waals surface area (Å²) in [5.41, 5.74) is 2.22. The van der Waals surface area contributed by atoms with E-state index in [4.69, 9.17) is 9.72 Å². The second kappa shape index (κ2) is 10.2. The molecule has 1 aliphatic rings. The highest BCUT2D eigenvalue weighted by molar-refractivity contribution is 5.79. The average molecular weight is 383 g/mol. The van der Waals surface area contributed by atoms with Crippen molar-refractivity contribution in [1.82, 2.24) is 15.3 Å². The van der Waals surface area contributed by atoms with Crippen LogP contribution in [-0.2, 0) is 9.53 Å². The molecule has 1 amide bonds. The van der Waals surface area contributed by atoms with Crippen LogP contribution in [-0.4, -0.2) is 48.7 Å². The molecule has 28 heavy (non-hydrogen) atoms. The minimum absolute atomic E-state index is 0.0847. The standard InChI is InChI=1S/C22H30N4O2/c1-3-28-15-5-11-24-22(27)18-9-13-26(14-10-18)20-8-12-23-21(25-20)19-7-4-6-17(2)16-19/h4,6-8,12,16,18H,3,5,9-11,13-15H2,1-2H3,(H,24,27). The third-order valence-corrected chi connectivity index (χ3v) is 5.08. The smallest absolute Gasteiger partial charge is 0.223 e. The second-order valence-corrected chi connectivity index (χ2v) is 7.21. The Hall–Kier alpha value is -2.47. The lowest BCUT2D eigenvalue weighted by atomic mass is 9.96. The maximum atomic E-state index is 12.3. The van der Waals surface area contributed by atoms with Crippen molar-refractivity contribution >= 4 is 11.7 Å². The molecule has 0 atom stereocenters. The fourth-order valence-electron chi connectivity index (χ4n) is 3.49. The lowest BCUT2D eigenvalue weighted by molar-refractivity contribution is -0.125. The van der Waals surface area contributed by atoms with Crippen molar-refractivity contribution in [2.75, 3.05) is 37.7 Å². The van der Waals surface area contributed by atoms with E-state index in [1.807, 2.05) is 31.3 Å². The number of aromatic nitrogens is 2. The number of hydrogen-bond acceptors (Lipinski definition) is 5. The molecule has 2 heterocycles. The number of hydrogen-bond donors (Lipinski definition) is 1. The molecule has 0 radical (unpaired) electrons. The molecule has 1 aromatic carbocycles. The Balaban J connectivity index is 1.52. The summed E-state index contributed by atoms with van der Waals surface area (Å²) in [5.74, 6) is 1.93. The molecular formula is C22H30N4O2. The minimum atomic E-state index is 0.0847. The summed E-state index contributed by atoms with van der Waals surface area (Å²) in [6.45, 7) is 7.83. The number of anilines is 1. The lowest BCUT2D eigenvalue weighted by Crippen LogP contribution is -2.41. The predicted octanol–water partition coefficient (Wildman–Crippen LogP) is 3.21. The summed E-state index contributed by atoms with van der Waals surface area (Å²) >= 11 is 0. The monoisotopic (exact) mass is 382 g/mol. The highest BCUT2D eigenvalue weighted by Gasteiger charge is 2.25. The molecule has 0 aliphatic carbocycles. The molecule has 3 rings (SSSR count). The molecule has 1 aliphatic heterocycles. The molecule has 0 bridgehead atoms. The number of rotatable bonds is 8. The summed E-state index contributed by atoms with van der Waals surface area (Å²) in [6, 6.07) is 10.2. The molecular weight excluding hydrogens is 352 g/mol. The fourth-order valence-corrected chi connectivity index (χ4v) is 3.49. The first kappa shape index (κ1) is 20.3. The molecule has 150 valence electrons. The van der Waals surface area contributed by atoms with Gasteiger partial charge in [-0.3, -0.25) is 4.79 Å². The van der Waals surface area contributed by atoms with Crippen LogP contribution in [0.1, 0.15) is 31.7 Å². The van der Waals surface area contributed by atoms with E-state index in [1.54, 1.807) is 0 Å². The van der Waals surface area contributed by atoms with E-state index in [9.17, 15) is 4.79 Å². The van der Waals surface area contributed by atoms with E-state index in [0.29, 0.717) is 13.2 Å². The summed E-state index contributed by atoms with van der Waals surface area (Å²) in [4.78, 5) is 23.8. The maximum Gasteiger partial charge on any atom is 0.223 e. The largest absolute Gasteiger partial charge is 0.382 e. The van der Waals surface area contributed by atoms with Crippen molar-refractivity contribution in [2.24, 2.45) is 5.92 Å². The highest BCUT2D eigenvalue weighted by Crippen LogP contribution is 2.24. The first-order valence-corrected chi connectivity index (χ1v) is 10.2. The lowest BCUT2D eigenvalue weighted by Gasteiger charge is -2.32. The average Bonchev–Trinajstić information content (AvgIpc) is 2.74. The number of benzene rings is 1. The molecule has 0 spiro atoms. The molecule has 1 saturated heterocycles. The highest BCUT2D eigenvalue weighted by atomic mass is 16.5. The maximum absolute atomic E-state index is 12.3. The van der Waals surface area contributed by atoms with Gasteiger partial charge in [-0.1, -0.05) is 23.8 Å². The SMILES string of the molecule is CCOCCCNC(=O)C1CCN(c2ccnc(-c3cccc(C)c3)n2)CC1. The van der Waals surface area contributed by atoms with Gasteiger partial charge in [0.25, 0.3) is 0 Å². The van der Waals surface area contributed by atoms with Crippen molar-refractivity contribution in [2.45, 2.75) is 33.1 Å². The van der Waals surface area contributed by atoms with Crippen molar-refractivity contribution in [1.29, 1.82) is 0 Å². The fraction of sp³-hybridized carbons (Fsp3) is 0.500. The van der Waals surface area contributed by atoms with Gasteiger partial charge in [0, 0.05) is 50.5 Å². The van der Waals surface area contributed by atoms with Crippen LogP contribution in [0.2, 0.25) is 0 Å². The van der Waals surface area contributed by atoms with Crippen molar-refractivity contribution in [3.63, 3.8) is 0 Å². The Morgan fingerprint density at radius 2 is 2.11 bits per heavy atom. The summed E-state index contributed by atoms with van der Waals surface area (Å²) in [6.07, 6.45) is 4.38. The predicted molar refractivity (Wildman–Crippen MR) is 111 cm³/mol. The number of carbonyl (C=O) groups excluding carboxylic acids is 1. The molecule has 1 fully saturated rings. The normalized spacial score (nSPS) is 14.9. The first-order valence-electron chi connectivity index (χ1n) is 10.2. The van der Waals surface area contributed by atoms with Crippen molar-refractivity contribution < 1.29 is 9.53 Å². The van der Waals surface area contributed by atoms with Gasteiger partial charge in [-0.2, -0.15) is 0 Å². The van der Waals surface area contributed by atoms with Gasteiger partial charge in [-0.15, -0.1) is 0 Å². The number of aryl methyl sites for hydroxylation is 1. The Bertz CT molecular complexity index is 773. The Labute approximate surface area is 167 Å². The molecule has 2 aromatic rings. The van der Waals surface area contributed by atoms with Gasteiger partial charge >= 0.3 is 0 Å². The third kappa shape index (κ3) is 5.52. The van der Waals surface area contributed by atoms with Gasteiger partial charge in [0.1, 0.15) is 5.82 Å². The number of nitrogens with one attached hydrogen (secondary N) is 1. The number of amides is 1. The van der Waals surface area contributed by atoms with Crippen molar-refractivity contribution in [3.8, 4) is 11.4 Å². The first-order chi connectivity index (χ1) is 13.7. The van der Waals surface area contributed by atoms with Crippen molar-refractivity contribution in [3.05, 3.63) is 42.1 Å². The minimum Gasteiger partial charge on any atom is -0.382 e. The number of carbonyl (C=O) groups is 1. The topological polar surface area (TPSA) is 67.3 Å². The van der Waals surface area contributed by atoms with Gasteiger partial charge in [-0.25, -0.2) is 9.97 Å². The molecule has 1 N–H and O–H groups in total. The van der Waals surface area contributed by atoms with Gasteiger partial charge < -0.3 is 15.0 Å².